The van der Waals surface area contributed by atoms with E-state index in [-0.39, 0.29) is 0 Å². The van der Waals surface area contributed by atoms with Crippen LogP contribution in [0.5, 0.6) is 5.88 Å². The number of nitrogens with two attached hydrogens (primary N) is 1. The van der Waals surface area contributed by atoms with Gasteiger partial charge in [0.15, 0.2) is 0 Å². The second-order valence-corrected chi connectivity index (χ2v) is 5.52. The van der Waals surface area contributed by atoms with E-state index >= 15 is 0 Å². The molecule has 1 aliphatic rings. The zero-order chi connectivity index (χ0) is 15.9. The van der Waals surface area contributed by atoms with Crippen molar-refractivity contribution in [2.75, 3.05) is 26.2 Å². The minimum atomic E-state index is -0.859. The summed E-state index contributed by atoms with van der Waals surface area (Å²) in [6.07, 6.45) is 0.517. The van der Waals surface area contributed by atoms with E-state index < -0.39 is 12.2 Å². The molecule has 4 N–H and O–H groups in total. The highest BCUT2D eigenvalue weighted by atomic mass is 16.5. The molecule has 0 radical (unpaired) electrons. The van der Waals surface area contributed by atoms with Crippen LogP contribution < -0.4 is 10.5 Å². The first kappa shape index (κ1) is 16.5. The van der Waals surface area contributed by atoms with Gasteiger partial charge in [-0.1, -0.05) is 6.07 Å². The quantitative estimate of drug-likeness (QED) is 0.729. The minimum absolute atomic E-state index is 0.329. The number of likely N-dealkylation sites (tertiary alicyclic amines) is 1. The van der Waals surface area contributed by atoms with Crippen molar-refractivity contribution < 1.29 is 19.7 Å². The lowest BCUT2D eigenvalue weighted by Crippen LogP contribution is -2.38. The third kappa shape index (κ3) is 4.57. The first-order chi connectivity index (χ1) is 10.6. The van der Waals surface area contributed by atoms with Gasteiger partial charge in [0.05, 0.1) is 18.4 Å². The highest BCUT2D eigenvalue weighted by Gasteiger charge is 2.22. The first-order valence-corrected chi connectivity index (χ1v) is 7.56. The van der Waals surface area contributed by atoms with Crippen molar-refractivity contribution in [2.24, 2.45) is 11.7 Å². The molecule has 0 bridgehead atoms. The molecular formula is C15H23N3O4. The monoisotopic (exact) mass is 309 g/mol. The van der Waals surface area contributed by atoms with Gasteiger partial charge in [-0.05, 0) is 37.8 Å². The Morgan fingerprint density at radius 2 is 2.18 bits per heavy atom. The number of amides is 1. The second kappa shape index (κ2) is 7.95. The third-order valence-corrected chi connectivity index (χ3v) is 3.88. The Bertz CT molecular complexity index is 489. The summed E-state index contributed by atoms with van der Waals surface area (Å²) in [7, 11) is 0. The smallest absolute Gasteiger partial charge is 0.407 e. The Kier molecular flexibility index (Phi) is 5.97. The van der Waals surface area contributed by atoms with Crippen molar-refractivity contribution in [1.29, 1.82) is 0 Å². The van der Waals surface area contributed by atoms with Crippen molar-refractivity contribution >= 4 is 6.09 Å². The van der Waals surface area contributed by atoms with Crippen LogP contribution in [0.15, 0.2) is 18.2 Å². The Morgan fingerprint density at radius 3 is 2.82 bits per heavy atom. The SMILES string of the molecule is NCCC(O)c1cccc(OCC2CCN(C(=O)O)CC2)n1. The topological polar surface area (TPSA) is 109 Å². The van der Waals surface area contributed by atoms with Gasteiger partial charge in [-0.3, -0.25) is 0 Å². The summed E-state index contributed by atoms with van der Waals surface area (Å²) < 4.78 is 5.69. The van der Waals surface area contributed by atoms with Gasteiger partial charge in [-0.25, -0.2) is 9.78 Å². The summed E-state index contributed by atoms with van der Waals surface area (Å²) >= 11 is 0. The maximum Gasteiger partial charge on any atom is 0.407 e. The van der Waals surface area contributed by atoms with Crippen molar-refractivity contribution in [3.8, 4) is 5.88 Å². The fraction of sp³-hybridized carbons (Fsp3) is 0.600. The van der Waals surface area contributed by atoms with Gasteiger partial charge in [-0.2, -0.15) is 0 Å². The lowest BCUT2D eigenvalue weighted by atomic mass is 9.98. The number of pyridine rings is 1. The third-order valence-electron chi connectivity index (χ3n) is 3.88. The van der Waals surface area contributed by atoms with Crippen molar-refractivity contribution in [1.82, 2.24) is 9.88 Å². The molecule has 122 valence electrons. The zero-order valence-corrected chi connectivity index (χ0v) is 12.5. The number of carbonyl (C=O) groups is 1. The van der Waals surface area contributed by atoms with Gasteiger partial charge in [0.2, 0.25) is 5.88 Å². The number of aliphatic hydroxyl groups excluding tert-OH is 1. The first-order valence-electron chi connectivity index (χ1n) is 7.56. The molecular weight excluding hydrogens is 286 g/mol. The molecule has 0 aliphatic carbocycles. The molecule has 1 aromatic rings. The molecule has 7 nitrogen and oxygen atoms in total. The van der Waals surface area contributed by atoms with Crippen LogP contribution in [0.3, 0.4) is 0 Å². The van der Waals surface area contributed by atoms with Crippen LogP contribution in [0, 0.1) is 5.92 Å². The van der Waals surface area contributed by atoms with Crippen LogP contribution in [0.1, 0.15) is 31.1 Å². The lowest BCUT2D eigenvalue weighted by Gasteiger charge is -2.29. The molecule has 1 aliphatic heterocycles. The molecule has 22 heavy (non-hydrogen) atoms. The maximum atomic E-state index is 10.8. The highest BCUT2D eigenvalue weighted by molar-refractivity contribution is 5.64. The van der Waals surface area contributed by atoms with Crippen LogP contribution in [0.25, 0.3) is 0 Å². The van der Waals surface area contributed by atoms with E-state index in [9.17, 15) is 9.90 Å². The predicted octanol–water partition coefficient (Wildman–Crippen LogP) is 1.23. The van der Waals surface area contributed by atoms with E-state index in [0.717, 1.165) is 12.8 Å². The van der Waals surface area contributed by atoms with E-state index in [1.54, 1.807) is 18.2 Å². The normalized spacial score (nSPS) is 17.3. The molecule has 0 aromatic carbocycles. The number of hydrogen-bond acceptors (Lipinski definition) is 5. The van der Waals surface area contributed by atoms with Crippen LogP contribution in [-0.4, -0.2) is 52.4 Å². The van der Waals surface area contributed by atoms with E-state index in [1.807, 2.05) is 0 Å². The molecule has 1 saturated heterocycles. The molecule has 7 heteroatoms. The largest absolute Gasteiger partial charge is 0.477 e. The molecule has 0 saturated carbocycles. The summed E-state index contributed by atoms with van der Waals surface area (Å²) in [6.45, 7) is 2.01. The van der Waals surface area contributed by atoms with Gasteiger partial charge in [0, 0.05) is 19.2 Å². The summed E-state index contributed by atoms with van der Waals surface area (Å²) in [4.78, 5) is 16.6. The van der Waals surface area contributed by atoms with Gasteiger partial charge >= 0.3 is 6.09 Å². The molecule has 1 atom stereocenters. The standard InChI is InChI=1S/C15H23N3O4/c16-7-4-13(19)12-2-1-3-14(17-12)22-10-11-5-8-18(9-6-11)15(20)21/h1-3,11,13,19H,4-10,16H2,(H,20,21). The molecule has 1 aromatic heterocycles. The van der Waals surface area contributed by atoms with Crippen LogP contribution in [0.4, 0.5) is 4.79 Å². The molecule has 2 rings (SSSR count). The fourth-order valence-corrected chi connectivity index (χ4v) is 2.50. The van der Waals surface area contributed by atoms with Gasteiger partial charge in [-0.15, -0.1) is 0 Å². The summed E-state index contributed by atoms with van der Waals surface area (Å²) in [6, 6.07) is 5.30. The summed E-state index contributed by atoms with van der Waals surface area (Å²) in [5, 5.41) is 18.8. The Labute approximate surface area is 129 Å². The van der Waals surface area contributed by atoms with E-state index in [2.05, 4.69) is 4.98 Å². The Hall–Kier alpha value is -1.86. The Morgan fingerprint density at radius 1 is 1.45 bits per heavy atom. The van der Waals surface area contributed by atoms with E-state index in [0.29, 0.717) is 50.2 Å². The number of rotatable bonds is 6. The number of ether oxygens (including phenoxy) is 1. The van der Waals surface area contributed by atoms with Crippen LogP contribution in [-0.2, 0) is 0 Å². The van der Waals surface area contributed by atoms with Gasteiger partial charge in [0.25, 0.3) is 0 Å². The number of aliphatic hydroxyl groups is 1. The maximum absolute atomic E-state index is 10.8. The fourth-order valence-electron chi connectivity index (χ4n) is 2.50. The van der Waals surface area contributed by atoms with Crippen LogP contribution in [0.2, 0.25) is 0 Å². The van der Waals surface area contributed by atoms with E-state index in [4.69, 9.17) is 15.6 Å². The van der Waals surface area contributed by atoms with Crippen molar-refractivity contribution in [3.63, 3.8) is 0 Å². The molecule has 1 unspecified atom stereocenters. The minimum Gasteiger partial charge on any atom is -0.477 e. The van der Waals surface area contributed by atoms with E-state index in [1.165, 1.54) is 4.90 Å². The number of piperidine rings is 1. The molecule has 2 heterocycles. The summed E-state index contributed by atoms with van der Waals surface area (Å²) in [5.74, 6) is 0.809. The van der Waals surface area contributed by atoms with Crippen molar-refractivity contribution in [2.45, 2.75) is 25.4 Å². The molecule has 1 fully saturated rings. The van der Waals surface area contributed by atoms with Crippen LogP contribution >= 0.6 is 0 Å². The number of hydrogen-bond donors (Lipinski definition) is 3. The lowest BCUT2D eigenvalue weighted by molar-refractivity contribution is 0.110. The predicted molar refractivity (Wildman–Crippen MR) is 80.7 cm³/mol. The second-order valence-electron chi connectivity index (χ2n) is 5.52. The number of carboxylic acid groups (broad SMARTS) is 1. The average Bonchev–Trinajstić information content (AvgIpc) is 2.54. The molecule has 0 spiro atoms. The highest BCUT2D eigenvalue weighted by Crippen LogP contribution is 2.20. The van der Waals surface area contributed by atoms with Gasteiger partial charge in [0.1, 0.15) is 0 Å². The number of nitrogens with zero attached hydrogens (tertiary/aromatic N) is 2. The number of aromatic nitrogens is 1. The van der Waals surface area contributed by atoms with Crippen molar-refractivity contribution in [3.05, 3.63) is 23.9 Å². The average molecular weight is 309 g/mol. The summed E-state index contributed by atoms with van der Waals surface area (Å²) in [5.41, 5.74) is 5.99. The Balaban J connectivity index is 1.82. The van der Waals surface area contributed by atoms with Gasteiger partial charge < -0.3 is 25.6 Å². The zero-order valence-electron chi connectivity index (χ0n) is 12.5. The molecule has 1 amide bonds.